The van der Waals surface area contributed by atoms with Gasteiger partial charge in [-0.15, -0.1) is 0 Å². The zero-order valence-electron chi connectivity index (χ0n) is 20.4. The smallest absolute Gasteiger partial charge is 0.128 e. The molecule has 0 heterocycles. The molecule has 0 N–H and O–H groups in total. The van der Waals surface area contributed by atoms with Crippen LogP contribution in [0.3, 0.4) is 0 Å². The molecule has 0 aromatic heterocycles. The van der Waals surface area contributed by atoms with Crippen LogP contribution in [0.5, 0.6) is 0 Å². The van der Waals surface area contributed by atoms with Crippen molar-refractivity contribution in [3.63, 3.8) is 0 Å². The molecule has 166 valence electrons. The van der Waals surface area contributed by atoms with Crippen LogP contribution in [0.2, 0.25) is 0 Å². The maximum atomic E-state index is 3.84. The molecule has 1 rings (SSSR count). The first kappa shape index (κ1) is 25.9. The second kappa shape index (κ2) is 14.0. The van der Waals surface area contributed by atoms with Crippen molar-refractivity contribution < 1.29 is 8.97 Å². The molecule has 0 saturated carbocycles. The third-order valence-corrected chi connectivity index (χ3v) is 6.25. The Labute approximate surface area is 182 Å². The van der Waals surface area contributed by atoms with Crippen molar-refractivity contribution in [2.24, 2.45) is 0 Å². The van der Waals surface area contributed by atoms with Crippen LogP contribution in [-0.4, -0.2) is 56.8 Å². The molecule has 1 aromatic carbocycles. The number of hydrogen-bond acceptors (Lipinski definition) is 0. The van der Waals surface area contributed by atoms with Crippen molar-refractivity contribution in [1.82, 2.24) is 0 Å². The van der Waals surface area contributed by atoms with Gasteiger partial charge in [0.1, 0.15) is 19.6 Å². The first-order valence-corrected chi connectivity index (χ1v) is 12.1. The number of benzene rings is 1. The molecule has 0 spiro atoms. The quantitative estimate of drug-likeness (QED) is 0.196. The number of unbranched alkanes of at least 4 members (excludes halogenated alkanes) is 9. The Kier molecular flexibility index (Phi) is 12.5. The molecule has 0 bridgehead atoms. The number of rotatable bonds is 17. The van der Waals surface area contributed by atoms with Crippen molar-refractivity contribution in [3.05, 3.63) is 42.0 Å². The number of likely N-dealkylation sites (N-methyl/N-ethyl adjacent to an activating group) is 2. The summed E-state index contributed by atoms with van der Waals surface area (Å²) < 4.78 is 2.20. The molecule has 0 aliphatic heterocycles. The van der Waals surface area contributed by atoms with Gasteiger partial charge in [-0.3, -0.25) is 0 Å². The van der Waals surface area contributed by atoms with Crippen LogP contribution in [0.15, 0.2) is 30.8 Å². The van der Waals surface area contributed by atoms with Crippen LogP contribution in [0, 0.1) is 0 Å². The van der Waals surface area contributed by atoms with Gasteiger partial charge in [0.25, 0.3) is 0 Å². The molecular weight excluding hydrogens is 352 g/mol. The van der Waals surface area contributed by atoms with Crippen molar-refractivity contribution in [1.29, 1.82) is 0 Å². The Morgan fingerprint density at radius 1 is 0.655 bits per heavy atom. The molecule has 0 amide bonds. The minimum absolute atomic E-state index is 1.05. The van der Waals surface area contributed by atoms with Crippen LogP contribution in [0.1, 0.15) is 82.3 Å². The molecule has 0 atom stereocenters. The fourth-order valence-electron chi connectivity index (χ4n) is 4.01. The maximum absolute atomic E-state index is 3.84. The largest absolute Gasteiger partial charge is 0.324 e. The van der Waals surface area contributed by atoms with E-state index in [1.54, 1.807) is 0 Å². The van der Waals surface area contributed by atoms with Gasteiger partial charge in [-0.25, -0.2) is 0 Å². The highest BCUT2D eigenvalue weighted by atomic mass is 15.4. The van der Waals surface area contributed by atoms with Crippen LogP contribution < -0.4 is 0 Å². The van der Waals surface area contributed by atoms with Gasteiger partial charge in [0.05, 0.1) is 34.7 Å². The lowest BCUT2D eigenvalue weighted by molar-refractivity contribution is -0.952. The van der Waals surface area contributed by atoms with Gasteiger partial charge in [-0.05, 0) is 18.4 Å². The van der Waals surface area contributed by atoms with Crippen LogP contribution in [0.4, 0.5) is 0 Å². The average molecular weight is 403 g/mol. The summed E-state index contributed by atoms with van der Waals surface area (Å²) in [7, 11) is 9.54. The maximum Gasteiger partial charge on any atom is 0.128 e. The van der Waals surface area contributed by atoms with Crippen molar-refractivity contribution in [2.45, 2.75) is 77.7 Å². The zero-order chi connectivity index (χ0) is 21.6. The fourth-order valence-corrected chi connectivity index (χ4v) is 4.01. The average Bonchev–Trinajstić information content (AvgIpc) is 2.68. The van der Waals surface area contributed by atoms with Crippen molar-refractivity contribution >= 4 is 6.08 Å². The first-order chi connectivity index (χ1) is 13.8. The Balaban J connectivity index is 2.18. The molecule has 0 radical (unpaired) electrons. The van der Waals surface area contributed by atoms with E-state index in [0.29, 0.717) is 0 Å². The molecule has 29 heavy (non-hydrogen) atoms. The Bertz CT molecular complexity index is 542. The molecular formula is C27H50N2+2. The van der Waals surface area contributed by atoms with E-state index in [1.165, 1.54) is 95.0 Å². The SMILES string of the molecule is C=Cc1ccc(C[N+](C)(C)CC[N+](C)(C)CCCCCCCCCCCC)cc1. The predicted molar refractivity (Wildman–Crippen MR) is 131 cm³/mol. The Morgan fingerprint density at radius 2 is 1.14 bits per heavy atom. The lowest BCUT2D eigenvalue weighted by Gasteiger charge is -2.36. The summed E-state index contributed by atoms with van der Waals surface area (Å²) in [6, 6.07) is 8.85. The molecule has 0 fully saturated rings. The number of hydrogen-bond donors (Lipinski definition) is 0. The summed E-state index contributed by atoms with van der Waals surface area (Å²) in [6.45, 7) is 11.0. The van der Waals surface area contributed by atoms with Gasteiger partial charge in [-0.2, -0.15) is 0 Å². The highest BCUT2D eigenvalue weighted by Gasteiger charge is 2.22. The van der Waals surface area contributed by atoms with Gasteiger partial charge < -0.3 is 8.97 Å². The van der Waals surface area contributed by atoms with Gasteiger partial charge in [0, 0.05) is 5.56 Å². The summed E-state index contributed by atoms with van der Waals surface area (Å²) in [5, 5.41) is 0. The fraction of sp³-hybridized carbons (Fsp3) is 0.704. The second-order valence-electron chi connectivity index (χ2n) is 10.3. The van der Waals surface area contributed by atoms with E-state index in [0.717, 1.165) is 15.5 Å². The number of nitrogens with zero attached hydrogens (tertiary/aromatic N) is 2. The lowest BCUT2D eigenvalue weighted by Crippen LogP contribution is -2.50. The van der Waals surface area contributed by atoms with Gasteiger partial charge in [0.2, 0.25) is 0 Å². The molecule has 2 heteroatoms. The molecule has 0 aliphatic rings. The Morgan fingerprint density at radius 3 is 1.66 bits per heavy atom. The topological polar surface area (TPSA) is 0 Å². The molecule has 0 aliphatic carbocycles. The minimum Gasteiger partial charge on any atom is -0.324 e. The van der Waals surface area contributed by atoms with E-state index in [4.69, 9.17) is 0 Å². The van der Waals surface area contributed by atoms with Crippen LogP contribution in [-0.2, 0) is 6.54 Å². The monoisotopic (exact) mass is 402 g/mol. The molecule has 1 aromatic rings. The molecule has 2 nitrogen and oxygen atoms in total. The van der Waals surface area contributed by atoms with Gasteiger partial charge in [0.15, 0.2) is 0 Å². The van der Waals surface area contributed by atoms with E-state index in [-0.39, 0.29) is 0 Å². The van der Waals surface area contributed by atoms with Gasteiger partial charge in [-0.1, -0.05) is 95.2 Å². The van der Waals surface area contributed by atoms with Crippen LogP contribution >= 0.6 is 0 Å². The minimum atomic E-state index is 1.05. The standard InChI is InChI=1S/C27H50N2/c1-7-9-10-11-12-13-14-15-16-17-22-28(3,4)23-24-29(5,6)25-27-20-18-26(8-2)19-21-27/h8,18-21H,2,7,9-17,22-25H2,1,3-6H3/q+2. The first-order valence-electron chi connectivity index (χ1n) is 12.1. The second-order valence-corrected chi connectivity index (χ2v) is 10.3. The summed E-state index contributed by atoms with van der Waals surface area (Å²) in [5.74, 6) is 0. The molecule has 0 unspecified atom stereocenters. The number of quaternary nitrogens is 2. The van der Waals surface area contributed by atoms with Crippen molar-refractivity contribution in [3.8, 4) is 0 Å². The van der Waals surface area contributed by atoms with E-state index < -0.39 is 0 Å². The zero-order valence-corrected chi connectivity index (χ0v) is 20.4. The summed E-state index contributed by atoms with van der Waals surface area (Å²) in [4.78, 5) is 0. The van der Waals surface area contributed by atoms with E-state index in [2.05, 4.69) is 66.0 Å². The summed E-state index contributed by atoms with van der Waals surface area (Å²) >= 11 is 0. The highest BCUT2D eigenvalue weighted by Crippen LogP contribution is 2.14. The van der Waals surface area contributed by atoms with E-state index in [9.17, 15) is 0 Å². The third-order valence-electron chi connectivity index (χ3n) is 6.25. The van der Waals surface area contributed by atoms with Crippen molar-refractivity contribution in [2.75, 3.05) is 47.8 Å². The molecule has 0 saturated heterocycles. The summed E-state index contributed by atoms with van der Waals surface area (Å²) in [5.41, 5.74) is 2.62. The summed E-state index contributed by atoms with van der Waals surface area (Å²) in [6.07, 6.45) is 16.1. The third kappa shape index (κ3) is 12.9. The normalized spacial score (nSPS) is 12.3. The van der Waals surface area contributed by atoms with E-state index in [1.807, 2.05) is 6.08 Å². The van der Waals surface area contributed by atoms with E-state index >= 15 is 0 Å². The predicted octanol–water partition coefficient (Wildman–Crippen LogP) is 6.90. The lowest BCUT2D eigenvalue weighted by atomic mass is 10.1. The Hall–Kier alpha value is -1.12. The van der Waals surface area contributed by atoms with Crippen LogP contribution in [0.25, 0.3) is 6.08 Å². The van der Waals surface area contributed by atoms with Gasteiger partial charge >= 0.3 is 0 Å². The highest BCUT2D eigenvalue weighted by molar-refractivity contribution is 5.47.